The summed E-state index contributed by atoms with van der Waals surface area (Å²) in [6.07, 6.45) is -2.06. The second kappa shape index (κ2) is 5.61. The van der Waals surface area contributed by atoms with Crippen molar-refractivity contribution in [2.24, 2.45) is 5.41 Å². The van der Waals surface area contributed by atoms with Crippen LogP contribution in [0.1, 0.15) is 41.9 Å². The fourth-order valence-electron chi connectivity index (χ4n) is 3.72. The summed E-state index contributed by atoms with van der Waals surface area (Å²) >= 11 is 0. The van der Waals surface area contributed by atoms with Crippen LogP contribution in [-0.2, 0) is 11.0 Å². The molecule has 0 unspecified atom stereocenters. The molecule has 24 heavy (non-hydrogen) atoms. The van der Waals surface area contributed by atoms with E-state index in [-0.39, 0.29) is 5.92 Å². The highest BCUT2D eigenvalue weighted by molar-refractivity contribution is 5.83. The topological polar surface area (TPSA) is 50.2 Å². The van der Waals surface area contributed by atoms with Gasteiger partial charge in [0.15, 0.2) is 0 Å². The Bertz CT molecular complexity index is 760. The largest absolute Gasteiger partial charge is 0.481 e. The van der Waals surface area contributed by atoms with E-state index in [1.165, 1.54) is 6.20 Å². The maximum atomic E-state index is 12.9. The summed E-state index contributed by atoms with van der Waals surface area (Å²) in [6.45, 7) is 1.76. The molecule has 126 valence electrons. The van der Waals surface area contributed by atoms with Crippen molar-refractivity contribution in [3.05, 3.63) is 65.5 Å². The monoisotopic (exact) mass is 335 g/mol. The van der Waals surface area contributed by atoms with Crippen LogP contribution >= 0.6 is 0 Å². The molecule has 1 aliphatic rings. The van der Waals surface area contributed by atoms with E-state index in [0.29, 0.717) is 12.0 Å². The smallest absolute Gasteiger partial charge is 0.417 e. The molecule has 1 aromatic carbocycles. The van der Waals surface area contributed by atoms with E-state index in [2.05, 4.69) is 4.98 Å². The second-order valence-corrected chi connectivity index (χ2v) is 6.07. The van der Waals surface area contributed by atoms with Crippen LogP contribution in [0.3, 0.4) is 0 Å². The highest BCUT2D eigenvalue weighted by atomic mass is 19.4. The van der Waals surface area contributed by atoms with Gasteiger partial charge < -0.3 is 5.11 Å². The number of pyridine rings is 1. The van der Waals surface area contributed by atoms with Gasteiger partial charge in [-0.15, -0.1) is 0 Å². The molecule has 1 heterocycles. The lowest BCUT2D eigenvalue weighted by molar-refractivity contribution is -0.144. The Kier molecular flexibility index (Phi) is 3.86. The summed E-state index contributed by atoms with van der Waals surface area (Å²) in [4.78, 5) is 15.6. The van der Waals surface area contributed by atoms with E-state index >= 15 is 0 Å². The lowest BCUT2D eigenvalue weighted by Crippen LogP contribution is -2.18. The van der Waals surface area contributed by atoms with Crippen LogP contribution in [0, 0.1) is 5.41 Å². The average Bonchev–Trinajstić information content (AvgIpc) is 3.25. The number of aromatic nitrogens is 1. The van der Waals surface area contributed by atoms with E-state index in [4.69, 9.17) is 0 Å². The molecular weight excluding hydrogens is 319 g/mol. The Morgan fingerprint density at radius 1 is 1.17 bits per heavy atom. The Hall–Kier alpha value is -2.37. The molecule has 1 aliphatic carbocycles. The normalized spacial score (nSPS) is 26.2. The molecule has 1 N–H and O–H groups in total. The number of carboxylic acids is 1. The highest BCUT2D eigenvalue weighted by Crippen LogP contribution is 2.72. The van der Waals surface area contributed by atoms with E-state index < -0.39 is 29.0 Å². The van der Waals surface area contributed by atoms with Gasteiger partial charge >= 0.3 is 12.1 Å². The standard InChI is InChI=1S/C18H16F3NO2/c1-2-17(16(23)24)14(11-6-4-3-5-7-11)15(17)12-8-13(10-22-9-12)18(19,20)21/h3-10,14-15H,2H2,1H3,(H,23,24)/t14-,15-,17+/m0/s1. The third-order valence-corrected chi connectivity index (χ3v) is 4.92. The van der Waals surface area contributed by atoms with E-state index in [9.17, 15) is 23.1 Å². The van der Waals surface area contributed by atoms with E-state index in [1.54, 1.807) is 19.1 Å². The predicted octanol–water partition coefficient (Wildman–Crippen LogP) is 4.46. The maximum Gasteiger partial charge on any atom is 0.417 e. The minimum absolute atomic E-state index is 0.322. The quantitative estimate of drug-likeness (QED) is 0.897. The third-order valence-electron chi connectivity index (χ3n) is 4.92. The summed E-state index contributed by atoms with van der Waals surface area (Å²) in [6, 6.07) is 10.1. The minimum Gasteiger partial charge on any atom is -0.481 e. The van der Waals surface area contributed by atoms with Crippen molar-refractivity contribution in [3.8, 4) is 0 Å². The number of halogens is 3. The van der Waals surface area contributed by atoms with E-state index in [0.717, 1.165) is 17.8 Å². The van der Waals surface area contributed by atoms with E-state index in [1.807, 2.05) is 18.2 Å². The lowest BCUT2D eigenvalue weighted by Gasteiger charge is -2.11. The Balaban J connectivity index is 2.07. The molecule has 3 nitrogen and oxygen atoms in total. The fourth-order valence-corrected chi connectivity index (χ4v) is 3.72. The molecule has 3 atom stereocenters. The molecule has 0 saturated heterocycles. The van der Waals surface area contributed by atoms with Gasteiger partial charge in [0.2, 0.25) is 0 Å². The van der Waals surface area contributed by atoms with Gasteiger partial charge in [-0.25, -0.2) is 0 Å². The fraction of sp³-hybridized carbons (Fsp3) is 0.333. The number of aliphatic carboxylic acids is 1. The van der Waals surface area contributed by atoms with Crippen molar-refractivity contribution in [3.63, 3.8) is 0 Å². The van der Waals surface area contributed by atoms with Crippen molar-refractivity contribution >= 4 is 5.97 Å². The molecule has 0 bridgehead atoms. The van der Waals surface area contributed by atoms with Gasteiger partial charge in [-0.1, -0.05) is 37.3 Å². The minimum atomic E-state index is -4.50. The Morgan fingerprint density at radius 3 is 2.33 bits per heavy atom. The summed E-state index contributed by atoms with van der Waals surface area (Å²) in [5, 5.41) is 9.75. The Morgan fingerprint density at radius 2 is 1.79 bits per heavy atom. The second-order valence-electron chi connectivity index (χ2n) is 6.07. The van der Waals surface area contributed by atoms with Crippen molar-refractivity contribution in [1.29, 1.82) is 0 Å². The van der Waals surface area contributed by atoms with Crippen LogP contribution in [0.5, 0.6) is 0 Å². The van der Waals surface area contributed by atoms with Crippen LogP contribution in [0.4, 0.5) is 13.2 Å². The number of hydrogen-bond acceptors (Lipinski definition) is 2. The summed E-state index contributed by atoms with van der Waals surface area (Å²) < 4.78 is 38.8. The number of rotatable bonds is 4. The van der Waals surface area contributed by atoms with Crippen LogP contribution in [-0.4, -0.2) is 16.1 Å². The molecule has 3 rings (SSSR count). The molecule has 0 radical (unpaired) electrons. The van der Waals surface area contributed by atoms with Gasteiger partial charge in [-0.05, 0) is 23.6 Å². The number of carboxylic acid groups (broad SMARTS) is 1. The maximum absolute atomic E-state index is 12.9. The van der Waals surface area contributed by atoms with Gasteiger partial charge in [0.25, 0.3) is 0 Å². The number of alkyl halides is 3. The summed E-state index contributed by atoms with van der Waals surface area (Å²) in [5.74, 6) is -1.86. The first kappa shape index (κ1) is 16.5. The summed E-state index contributed by atoms with van der Waals surface area (Å²) in [5.41, 5.74) is -0.797. The third kappa shape index (κ3) is 2.46. The van der Waals surface area contributed by atoms with Gasteiger partial charge in [-0.2, -0.15) is 13.2 Å². The number of carbonyl (C=O) groups is 1. The van der Waals surface area contributed by atoms with Gasteiger partial charge in [0, 0.05) is 24.2 Å². The van der Waals surface area contributed by atoms with Gasteiger partial charge in [0.05, 0.1) is 11.0 Å². The number of nitrogens with zero attached hydrogens (tertiary/aromatic N) is 1. The zero-order valence-corrected chi connectivity index (χ0v) is 12.9. The van der Waals surface area contributed by atoms with Crippen molar-refractivity contribution in [2.75, 3.05) is 0 Å². The first-order valence-electron chi connectivity index (χ1n) is 7.63. The molecule has 0 spiro atoms. The first-order chi connectivity index (χ1) is 11.3. The van der Waals surface area contributed by atoms with Gasteiger partial charge in [-0.3, -0.25) is 9.78 Å². The molecule has 0 amide bonds. The first-order valence-corrected chi connectivity index (χ1v) is 7.63. The SMILES string of the molecule is CC[C@@]1(C(=O)O)[C@@H](c2ccccc2)[C@@H]1c1cncc(C(F)(F)F)c1. The molecule has 6 heteroatoms. The molecule has 1 saturated carbocycles. The predicted molar refractivity (Wildman–Crippen MR) is 81.5 cm³/mol. The number of hydrogen-bond donors (Lipinski definition) is 1. The molecule has 1 aromatic heterocycles. The van der Waals surface area contributed by atoms with Crippen molar-refractivity contribution in [2.45, 2.75) is 31.4 Å². The van der Waals surface area contributed by atoms with Crippen molar-refractivity contribution < 1.29 is 23.1 Å². The van der Waals surface area contributed by atoms with Crippen LogP contribution in [0.2, 0.25) is 0 Å². The zero-order valence-electron chi connectivity index (χ0n) is 12.9. The highest BCUT2D eigenvalue weighted by Gasteiger charge is 2.69. The molecule has 0 aliphatic heterocycles. The molecule has 1 fully saturated rings. The van der Waals surface area contributed by atoms with Crippen molar-refractivity contribution in [1.82, 2.24) is 4.98 Å². The lowest BCUT2D eigenvalue weighted by atomic mass is 9.95. The van der Waals surface area contributed by atoms with Crippen LogP contribution < -0.4 is 0 Å². The van der Waals surface area contributed by atoms with Crippen LogP contribution in [0.25, 0.3) is 0 Å². The molecule has 2 aromatic rings. The molecular formula is C18H16F3NO2. The Labute approximate surface area is 137 Å². The summed E-state index contributed by atoms with van der Waals surface area (Å²) in [7, 11) is 0. The van der Waals surface area contributed by atoms with Gasteiger partial charge in [0.1, 0.15) is 0 Å². The number of benzene rings is 1. The van der Waals surface area contributed by atoms with Crippen LogP contribution in [0.15, 0.2) is 48.8 Å². The zero-order chi connectivity index (χ0) is 17.5. The average molecular weight is 335 g/mol.